The number of carbonyl (C=O) groups excluding carboxylic acids is 1. The Hall–Kier alpha value is -2.76. The molecular weight excluding hydrogens is 502 g/mol. The minimum atomic E-state index is -4.77. The van der Waals surface area contributed by atoms with E-state index in [2.05, 4.69) is 19.7 Å². The number of aryl methyl sites for hydroxylation is 1. The number of carbonyl (C=O) groups is 1. The smallest absolute Gasteiger partial charge is 0.324 e. The third kappa shape index (κ3) is 7.95. The van der Waals surface area contributed by atoms with Crippen molar-refractivity contribution in [2.45, 2.75) is 23.6 Å². The molecule has 180 valence electrons. The van der Waals surface area contributed by atoms with E-state index < -0.39 is 53.5 Å². The van der Waals surface area contributed by atoms with E-state index >= 15 is 0 Å². The molecule has 0 radical (unpaired) electrons. The third-order valence-corrected chi connectivity index (χ3v) is 7.09. The van der Waals surface area contributed by atoms with Crippen molar-refractivity contribution in [2.24, 2.45) is 10.2 Å². The van der Waals surface area contributed by atoms with Crippen LogP contribution in [0, 0.1) is 6.92 Å². The lowest BCUT2D eigenvalue weighted by Crippen LogP contribution is -2.15. The van der Waals surface area contributed by atoms with Gasteiger partial charge in [-0.1, -0.05) is 0 Å². The van der Waals surface area contributed by atoms with Crippen LogP contribution in [0.3, 0.4) is 0 Å². The first kappa shape index (κ1) is 26.5. The van der Waals surface area contributed by atoms with E-state index in [1.165, 1.54) is 44.2 Å². The standard InChI is InChI=1S/C17H19N3O10S3/c1-11-9-15(18-12(2)21)16(10-17(11)32(24,25)26)20-19-13-3-5-14(6-4-13)31(22,23)8-7-30-33(27,28)29/h3-6,9-10H,7-8H2,1-2H3,(H,18,21)(H,24,25,26)(H,27,28,29). The maximum absolute atomic E-state index is 12.2. The zero-order valence-electron chi connectivity index (χ0n) is 17.2. The molecule has 0 aliphatic carbocycles. The van der Waals surface area contributed by atoms with Gasteiger partial charge in [-0.05, 0) is 48.9 Å². The quantitative estimate of drug-likeness (QED) is 0.324. The van der Waals surface area contributed by atoms with Crippen LogP contribution in [0.15, 0.2) is 56.4 Å². The minimum Gasteiger partial charge on any atom is -0.324 e. The van der Waals surface area contributed by atoms with Crippen molar-refractivity contribution < 1.29 is 43.3 Å². The van der Waals surface area contributed by atoms with Gasteiger partial charge in [-0.25, -0.2) is 12.6 Å². The molecule has 3 N–H and O–H groups in total. The van der Waals surface area contributed by atoms with Gasteiger partial charge in [0.05, 0.1) is 33.5 Å². The molecule has 0 aromatic heterocycles. The summed E-state index contributed by atoms with van der Waals surface area (Å²) in [4.78, 5) is 10.8. The van der Waals surface area contributed by atoms with Crippen molar-refractivity contribution in [2.75, 3.05) is 17.7 Å². The maximum Gasteiger partial charge on any atom is 0.397 e. The molecule has 16 heteroatoms. The predicted molar refractivity (Wildman–Crippen MR) is 115 cm³/mol. The van der Waals surface area contributed by atoms with E-state index in [9.17, 15) is 34.6 Å². The van der Waals surface area contributed by atoms with Gasteiger partial charge in [-0.2, -0.15) is 21.9 Å². The highest BCUT2D eigenvalue weighted by atomic mass is 32.3. The third-order valence-electron chi connectivity index (χ3n) is 3.94. The molecule has 1 amide bonds. The fourth-order valence-electron chi connectivity index (χ4n) is 2.53. The normalized spacial score (nSPS) is 12.7. The Balaban J connectivity index is 2.31. The number of benzene rings is 2. The van der Waals surface area contributed by atoms with Gasteiger partial charge < -0.3 is 5.32 Å². The Morgan fingerprint density at radius 3 is 2.12 bits per heavy atom. The molecule has 0 aliphatic heterocycles. The predicted octanol–water partition coefficient (Wildman–Crippen LogP) is 2.21. The van der Waals surface area contributed by atoms with Crippen LogP contribution in [0.2, 0.25) is 0 Å². The van der Waals surface area contributed by atoms with Gasteiger partial charge in [0, 0.05) is 6.92 Å². The van der Waals surface area contributed by atoms with Crippen molar-refractivity contribution in [3.8, 4) is 0 Å². The van der Waals surface area contributed by atoms with Gasteiger partial charge in [-0.3, -0.25) is 13.9 Å². The summed E-state index contributed by atoms with van der Waals surface area (Å²) in [6.07, 6.45) is 0. The maximum atomic E-state index is 12.2. The highest BCUT2D eigenvalue weighted by molar-refractivity contribution is 7.91. The lowest BCUT2D eigenvalue weighted by atomic mass is 10.2. The number of hydrogen-bond acceptors (Lipinski definition) is 10. The molecule has 0 spiro atoms. The Kier molecular flexibility index (Phi) is 8.04. The SMILES string of the molecule is CC(=O)Nc1cc(C)c(S(=O)(=O)O)cc1N=Nc1ccc(S(=O)(=O)CCOS(=O)(=O)O)cc1. The minimum absolute atomic E-state index is 0.0810. The number of sulfone groups is 1. The monoisotopic (exact) mass is 521 g/mol. The molecule has 33 heavy (non-hydrogen) atoms. The Bertz CT molecular complexity index is 1400. The van der Waals surface area contributed by atoms with Crippen LogP contribution in [-0.2, 0) is 39.3 Å². The van der Waals surface area contributed by atoms with Gasteiger partial charge in [0.15, 0.2) is 9.84 Å². The zero-order chi connectivity index (χ0) is 25.0. The van der Waals surface area contributed by atoms with Crippen molar-refractivity contribution in [3.05, 3.63) is 42.0 Å². The largest absolute Gasteiger partial charge is 0.397 e. The molecule has 2 aromatic rings. The highest BCUT2D eigenvalue weighted by Gasteiger charge is 2.18. The molecule has 0 saturated carbocycles. The average molecular weight is 522 g/mol. The molecule has 0 fully saturated rings. The molecule has 2 aromatic carbocycles. The van der Waals surface area contributed by atoms with Gasteiger partial charge in [0.2, 0.25) is 5.91 Å². The van der Waals surface area contributed by atoms with Crippen LogP contribution >= 0.6 is 0 Å². The van der Waals surface area contributed by atoms with Crippen molar-refractivity contribution >= 4 is 53.3 Å². The number of nitrogens with one attached hydrogen (secondary N) is 1. The highest BCUT2D eigenvalue weighted by Crippen LogP contribution is 2.32. The topological polar surface area (TPSA) is 206 Å². The fraction of sp³-hybridized carbons (Fsp3) is 0.235. The molecule has 0 unspecified atom stereocenters. The van der Waals surface area contributed by atoms with Crippen LogP contribution in [0.1, 0.15) is 12.5 Å². The number of anilines is 1. The molecule has 0 aliphatic rings. The molecule has 0 atom stereocenters. The van der Waals surface area contributed by atoms with Gasteiger partial charge in [0.1, 0.15) is 5.69 Å². The molecule has 0 saturated heterocycles. The van der Waals surface area contributed by atoms with Gasteiger partial charge >= 0.3 is 10.4 Å². The number of rotatable bonds is 9. The summed E-state index contributed by atoms with van der Waals surface area (Å²) in [5, 5.41) is 10.2. The van der Waals surface area contributed by atoms with E-state index in [0.717, 1.165) is 6.07 Å². The first-order chi connectivity index (χ1) is 15.1. The van der Waals surface area contributed by atoms with Crippen molar-refractivity contribution in [1.82, 2.24) is 0 Å². The summed E-state index contributed by atoms with van der Waals surface area (Å²) < 4.78 is 90.4. The summed E-state index contributed by atoms with van der Waals surface area (Å²) in [6, 6.07) is 7.21. The van der Waals surface area contributed by atoms with Gasteiger partial charge in [0.25, 0.3) is 10.1 Å². The molecule has 0 bridgehead atoms. The number of hydrogen-bond donors (Lipinski definition) is 3. The summed E-state index contributed by atoms with van der Waals surface area (Å²) in [5.74, 6) is -1.17. The first-order valence-corrected chi connectivity index (χ1v) is 13.3. The zero-order valence-corrected chi connectivity index (χ0v) is 19.6. The lowest BCUT2D eigenvalue weighted by molar-refractivity contribution is -0.114. The second-order valence-electron chi connectivity index (χ2n) is 6.55. The van der Waals surface area contributed by atoms with E-state index in [1.54, 1.807) is 0 Å². The summed E-state index contributed by atoms with van der Waals surface area (Å²) in [6.45, 7) is 1.86. The van der Waals surface area contributed by atoms with Gasteiger partial charge in [-0.15, -0.1) is 5.11 Å². The number of nitrogens with zero attached hydrogens (tertiary/aromatic N) is 2. The van der Waals surface area contributed by atoms with E-state index in [-0.39, 0.29) is 27.5 Å². The molecule has 2 rings (SSSR count). The second kappa shape index (κ2) is 10.0. The molecule has 0 heterocycles. The molecule has 13 nitrogen and oxygen atoms in total. The van der Waals surface area contributed by atoms with Crippen molar-refractivity contribution in [1.29, 1.82) is 0 Å². The number of amides is 1. The lowest BCUT2D eigenvalue weighted by Gasteiger charge is -2.10. The van der Waals surface area contributed by atoms with Crippen LogP contribution in [-0.4, -0.2) is 52.6 Å². The fourth-order valence-corrected chi connectivity index (χ4v) is 4.74. The van der Waals surface area contributed by atoms with Crippen LogP contribution in [0.5, 0.6) is 0 Å². The van der Waals surface area contributed by atoms with Crippen LogP contribution in [0.4, 0.5) is 17.1 Å². The summed E-state index contributed by atoms with van der Waals surface area (Å²) >= 11 is 0. The number of azo groups is 1. The van der Waals surface area contributed by atoms with Crippen LogP contribution in [0.25, 0.3) is 0 Å². The van der Waals surface area contributed by atoms with E-state index in [4.69, 9.17) is 4.55 Å². The first-order valence-electron chi connectivity index (χ1n) is 8.84. The summed E-state index contributed by atoms with van der Waals surface area (Å²) in [7, 11) is -13.3. The average Bonchev–Trinajstić information content (AvgIpc) is 2.65. The Morgan fingerprint density at radius 2 is 1.61 bits per heavy atom. The van der Waals surface area contributed by atoms with Crippen LogP contribution < -0.4 is 5.32 Å². The Morgan fingerprint density at radius 1 is 1.00 bits per heavy atom. The van der Waals surface area contributed by atoms with E-state index in [0.29, 0.717) is 0 Å². The summed E-state index contributed by atoms with van der Waals surface area (Å²) in [5.41, 5.74) is 0.371. The van der Waals surface area contributed by atoms with E-state index in [1.807, 2.05) is 0 Å². The van der Waals surface area contributed by atoms with Crippen molar-refractivity contribution in [3.63, 3.8) is 0 Å². The molecular formula is C17H19N3O10S3. The second-order valence-corrected chi connectivity index (χ2v) is 11.1. The Labute approximate surface area is 190 Å².